The maximum Gasteiger partial charge on any atom is 0.266 e. The Morgan fingerprint density at radius 2 is 2.03 bits per heavy atom. The predicted octanol–water partition coefficient (Wildman–Crippen LogP) is 4.27. The molecule has 0 aliphatic rings. The lowest BCUT2D eigenvalue weighted by molar-refractivity contribution is -0.120. The monoisotopic (exact) mass is 442 g/mol. The lowest BCUT2D eigenvalue weighted by atomic mass is 10.3. The van der Waals surface area contributed by atoms with Gasteiger partial charge in [-0.25, -0.2) is 4.98 Å². The van der Waals surface area contributed by atoms with E-state index in [1.54, 1.807) is 41.1 Å². The van der Waals surface area contributed by atoms with E-state index in [1.807, 2.05) is 36.5 Å². The molecule has 0 aliphatic carbocycles. The van der Waals surface area contributed by atoms with Gasteiger partial charge in [-0.3, -0.25) is 14.4 Å². The number of benzene rings is 2. The molecule has 0 fully saturated rings. The van der Waals surface area contributed by atoms with Crippen molar-refractivity contribution in [2.45, 2.75) is 6.54 Å². The molecule has 2 heterocycles. The Morgan fingerprint density at radius 3 is 2.80 bits per heavy atom. The second-order valence-corrected chi connectivity index (χ2v) is 7.78. The summed E-state index contributed by atoms with van der Waals surface area (Å²) in [6.45, 7) is 0.802. The zero-order chi connectivity index (χ0) is 20.9. The molecular formula is C21H19ClN4O3S. The van der Waals surface area contributed by atoms with Gasteiger partial charge in [0.2, 0.25) is 0 Å². The number of thiazole rings is 1. The van der Waals surface area contributed by atoms with E-state index in [0.29, 0.717) is 40.3 Å². The van der Waals surface area contributed by atoms with Gasteiger partial charge in [0.1, 0.15) is 17.0 Å². The molecular weight excluding hydrogens is 424 g/mol. The zero-order valence-electron chi connectivity index (χ0n) is 16.2. The van der Waals surface area contributed by atoms with Gasteiger partial charge in [-0.1, -0.05) is 35.1 Å². The number of carbonyl (C=O) groups excluding carboxylic acids is 1. The number of amides is 1. The number of anilines is 1. The van der Waals surface area contributed by atoms with Crippen LogP contribution in [0.5, 0.6) is 11.5 Å². The third-order valence-electron chi connectivity index (χ3n) is 4.41. The van der Waals surface area contributed by atoms with Crippen molar-refractivity contribution in [3.05, 3.63) is 65.9 Å². The van der Waals surface area contributed by atoms with Crippen LogP contribution in [0.1, 0.15) is 0 Å². The van der Waals surface area contributed by atoms with Gasteiger partial charge in [0, 0.05) is 25.0 Å². The van der Waals surface area contributed by atoms with Crippen molar-refractivity contribution >= 4 is 44.2 Å². The van der Waals surface area contributed by atoms with E-state index in [2.05, 4.69) is 10.1 Å². The molecule has 0 spiro atoms. The number of carbonyl (C=O) groups is 1. The Hall–Kier alpha value is -3.10. The van der Waals surface area contributed by atoms with E-state index in [-0.39, 0.29) is 12.5 Å². The van der Waals surface area contributed by atoms with Gasteiger partial charge in [-0.15, -0.1) is 0 Å². The van der Waals surface area contributed by atoms with Crippen LogP contribution in [0, 0.1) is 0 Å². The number of hydrogen-bond acceptors (Lipinski definition) is 6. The summed E-state index contributed by atoms with van der Waals surface area (Å²) in [5.41, 5.74) is 0.685. The first-order valence-electron chi connectivity index (χ1n) is 9.24. The summed E-state index contributed by atoms with van der Waals surface area (Å²) >= 11 is 7.69. The van der Waals surface area contributed by atoms with E-state index in [9.17, 15) is 4.79 Å². The van der Waals surface area contributed by atoms with E-state index in [0.717, 1.165) is 4.70 Å². The van der Waals surface area contributed by atoms with E-state index in [4.69, 9.17) is 21.1 Å². The highest BCUT2D eigenvalue weighted by Crippen LogP contribution is 2.33. The lowest BCUT2D eigenvalue weighted by Gasteiger charge is -2.20. The summed E-state index contributed by atoms with van der Waals surface area (Å²) in [7, 11) is 1.58. The summed E-state index contributed by atoms with van der Waals surface area (Å²) in [4.78, 5) is 19.3. The number of nitrogens with zero attached hydrogens (tertiary/aromatic N) is 4. The largest absolute Gasteiger partial charge is 0.497 e. The molecule has 9 heteroatoms. The van der Waals surface area contributed by atoms with Crippen LogP contribution in [0.2, 0.25) is 5.02 Å². The highest BCUT2D eigenvalue weighted by atomic mass is 35.5. The van der Waals surface area contributed by atoms with Crippen LogP contribution in [0.15, 0.2) is 60.9 Å². The normalized spacial score (nSPS) is 10.9. The van der Waals surface area contributed by atoms with Gasteiger partial charge in [0.15, 0.2) is 11.7 Å². The molecule has 0 aliphatic heterocycles. The first-order valence-corrected chi connectivity index (χ1v) is 10.4. The number of halogens is 1. The summed E-state index contributed by atoms with van der Waals surface area (Å²) < 4.78 is 13.6. The Labute approximate surface area is 182 Å². The molecule has 0 atom stereocenters. The second-order valence-electron chi connectivity index (χ2n) is 6.37. The Morgan fingerprint density at radius 1 is 1.20 bits per heavy atom. The standard InChI is InChI=1S/C21H19ClN4O3S/c1-28-15-5-2-6-16(13-15)29-14-19(27)26(12-11-25-10-4-9-23-25)21-24-20-17(22)7-3-8-18(20)30-21/h2-10,13H,11-12,14H2,1H3. The van der Waals surface area contributed by atoms with Crippen LogP contribution in [0.25, 0.3) is 10.2 Å². The zero-order valence-corrected chi connectivity index (χ0v) is 17.8. The van der Waals surface area contributed by atoms with E-state index >= 15 is 0 Å². The molecule has 154 valence electrons. The summed E-state index contributed by atoms with van der Waals surface area (Å²) in [6.07, 6.45) is 3.56. The fraction of sp³-hybridized carbons (Fsp3) is 0.190. The molecule has 0 saturated carbocycles. The first-order chi connectivity index (χ1) is 14.6. The third-order valence-corrected chi connectivity index (χ3v) is 5.75. The van der Waals surface area contributed by atoms with Crippen LogP contribution in [-0.2, 0) is 11.3 Å². The molecule has 0 unspecified atom stereocenters. The topological polar surface area (TPSA) is 69.5 Å². The van der Waals surface area contributed by atoms with Gasteiger partial charge in [0.25, 0.3) is 5.91 Å². The number of aromatic nitrogens is 3. The van der Waals surface area contributed by atoms with Crippen LogP contribution in [0.3, 0.4) is 0 Å². The van der Waals surface area contributed by atoms with Gasteiger partial charge < -0.3 is 9.47 Å². The molecule has 0 radical (unpaired) electrons. The average molecular weight is 443 g/mol. The second kappa shape index (κ2) is 9.15. The van der Waals surface area contributed by atoms with Gasteiger partial charge in [0.05, 0.1) is 23.4 Å². The Kier molecular flexibility index (Phi) is 6.15. The summed E-state index contributed by atoms with van der Waals surface area (Å²) in [6, 6.07) is 14.6. The van der Waals surface area contributed by atoms with Crippen molar-refractivity contribution in [2.24, 2.45) is 0 Å². The molecule has 1 amide bonds. The minimum absolute atomic E-state index is 0.129. The SMILES string of the molecule is COc1cccc(OCC(=O)N(CCn2cccn2)c2nc3c(Cl)cccc3s2)c1. The van der Waals surface area contributed by atoms with E-state index < -0.39 is 0 Å². The number of methoxy groups -OCH3 is 1. The highest BCUT2D eigenvalue weighted by molar-refractivity contribution is 7.22. The quantitative estimate of drug-likeness (QED) is 0.407. The predicted molar refractivity (Wildman–Crippen MR) is 118 cm³/mol. The maximum atomic E-state index is 13.1. The number of para-hydroxylation sites is 1. The van der Waals surface area contributed by atoms with Crippen molar-refractivity contribution in [1.82, 2.24) is 14.8 Å². The molecule has 2 aromatic carbocycles. The molecule has 7 nitrogen and oxygen atoms in total. The number of hydrogen-bond donors (Lipinski definition) is 0. The van der Waals surface area contributed by atoms with Gasteiger partial charge in [-0.2, -0.15) is 5.10 Å². The van der Waals surface area contributed by atoms with Crippen molar-refractivity contribution in [1.29, 1.82) is 0 Å². The van der Waals surface area contributed by atoms with Crippen LogP contribution in [0.4, 0.5) is 5.13 Å². The Bertz CT molecular complexity index is 1150. The lowest BCUT2D eigenvalue weighted by Crippen LogP contribution is -2.37. The number of fused-ring (bicyclic) bond motifs is 1. The molecule has 2 aromatic heterocycles. The minimum atomic E-state index is -0.208. The van der Waals surface area contributed by atoms with Crippen LogP contribution in [-0.4, -0.2) is 40.9 Å². The summed E-state index contributed by atoms with van der Waals surface area (Å²) in [5.74, 6) is 1.01. The van der Waals surface area contributed by atoms with Gasteiger partial charge in [-0.05, 0) is 30.3 Å². The molecule has 4 rings (SSSR count). The third kappa shape index (κ3) is 4.55. The highest BCUT2D eigenvalue weighted by Gasteiger charge is 2.21. The minimum Gasteiger partial charge on any atom is -0.497 e. The van der Waals surface area contributed by atoms with Crippen LogP contribution < -0.4 is 14.4 Å². The maximum absolute atomic E-state index is 13.1. The Balaban J connectivity index is 1.55. The smallest absolute Gasteiger partial charge is 0.266 e. The molecule has 0 N–H and O–H groups in total. The average Bonchev–Trinajstić information content (AvgIpc) is 3.43. The van der Waals surface area contributed by atoms with E-state index in [1.165, 1.54) is 11.3 Å². The van der Waals surface area contributed by atoms with Crippen molar-refractivity contribution in [2.75, 3.05) is 25.2 Å². The van der Waals surface area contributed by atoms with Gasteiger partial charge >= 0.3 is 0 Å². The number of ether oxygens (including phenoxy) is 2. The number of rotatable bonds is 8. The van der Waals surface area contributed by atoms with Crippen molar-refractivity contribution in [3.63, 3.8) is 0 Å². The first kappa shape index (κ1) is 20.2. The molecule has 4 aromatic rings. The fourth-order valence-electron chi connectivity index (χ4n) is 2.89. The fourth-order valence-corrected chi connectivity index (χ4v) is 4.20. The van der Waals surface area contributed by atoms with Crippen molar-refractivity contribution in [3.8, 4) is 11.5 Å². The molecule has 0 saturated heterocycles. The van der Waals surface area contributed by atoms with Crippen molar-refractivity contribution < 1.29 is 14.3 Å². The van der Waals surface area contributed by atoms with Crippen LogP contribution >= 0.6 is 22.9 Å². The molecule has 0 bridgehead atoms. The molecule has 30 heavy (non-hydrogen) atoms. The summed E-state index contributed by atoms with van der Waals surface area (Å²) in [5, 5.41) is 5.34.